The van der Waals surface area contributed by atoms with Crippen LogP contribution in [0.2, 0.25) is 0 Å². The Labute approximate surface area is 114 Å². The predicted octanol–water partition coefficient (Wildman–Crippen LogP) is 1.52. The van der Waals surface area contributed by atoms with Crippen molar-refractivity contribution in [3.63, 3.8) is 0 Å². The summed E-state index contributed by atoms with van der Waals surface area (Å²) in [6, 6.07) is 6.22. The van der Waals surface area contributed by atoms with Crippen LogP contribution in [-0.2, 0) is 16.1 Å². The van der Waals surface area contributed by atoms with Gasteiger partial charge in [0.05, 0.1) is 18.2 Å². The molecule has 7 nitrogen and oxygen atoms in total. The number of rotatable bonds is 4. The first-order valence-electron chi connectivity index (χ1n) is 5.75. The highest BCUT2D eigenvalue weighted by molar-refractivity contribution is 6.03. The van der Waals surface area contributed by atoms with Crippen molar-refractivity contribution in [3.8, 4) is 0 Å². The molecule has 0 saturated carbocycles. The van der Waals surface area contributed by atoms with Crippen LogP contribution in [0.3, 0.4) is 0 Å². The van der Waals surface area contributed by atoms with Gasteiger partial charge in [-0.25, -0.2) is 9.59 Å². The van der Waals surface area contributed by atoms with Gasteiger partial charge in [-0.1, -0.05) is 17.3 Å². The number of carbonyl (C=O) groups excluding carboxylic acids is 2. The molecule has 0 aliphatic rings. The van der Waals surface area contributed by atoms with Gasteiger partial charge in [0.2, 0.25) is 0 Å². The lowest BCUT2D eigenvalue weighted by atomic mass is 10.1. The minimum Gasteiger partial charge on any atom is -0.465 e. The van der Waals surface area contributed by atoms with Gasteiger partial charge in [-0.3, -0.25) is 0 Å². The summed E-state index contributed by atoms with van der Waals surface area (Å²) in [5, 5.41) is 3.57. The van der Waals surface area contributed by atoms with Crippen LogP contribution in [0.5, 0.6) is 0 Å². The molecule has 104 valence electrons. The maximum Gasteiger partial charge on any atom is 0.339 e. The zero-order chi connectivity index (χ0) is 14.5. The Kier molecular flexibility index (Phi) is 4.09. The van der Waals surface area contributed by atoms with E-state index >= 15 is 0 Å². The van der Waals surface area contributed by atoms with Gasteiger partial charge in [-0.15, -0.1) is 0 Å². The molecule has 0 bridgehead atoms. The highest BCUT2D eigenvalue weighted by atomic mass is 16.6. The number of hydrogen-bond donors (Lipinski definition) is 0. The van der Waals surface area contributed by atoms with E-state index in [1.54, 1.807) is 19.1 Å². The second kappa shape index (κ2) is 5.96. The van der Waals surface area contributed by atoms with E-state index < -0.39 is 11.9 Å². The number of aromatic nitrogens is 2. The number of methoxy groups -OCH3 is 1. The van der Waals surface area contributed by atoms with Crippen LogP contribution >= 0.6 is 0 Å². The molecule has 1 aromatic carbocycles. The van der Waals surface area contributed by atoms with Gasteiger partial charge >= 0.3 is 11.9 Å². The second-order valence-corrected chi connectivity index (χ2v) is 3.85. The Morgan fingerprint density at radius 2 is 1.85 bits per heavy atom. The fourth-order valence-electron chi connectivity index (χ4n) is 1.55. The number of nitrogens with zero attached hydrogens (tertiary/aromatic N) is 2. The predicted molar refractivity (Wildman–Crippen MR) is 65.9 cm³/mol. The molecule has 2 aromatic rings. The molecular formula is C13H12N2O5. The first-order chi connectivity index (χ1) is 9.61. The molecule has 0 unspecified atom stereocenters. The number of esters is 2. The topological polar surface area (TPSA) is 91.5 Å². The van der Waals surface area contributed by atoms with E-state index in [-0.39, 0.29) is 23.6 Å². The summed E-state index contributed by atoms with van der Waals surface area (Å²) in [6.07, 6.45) is 0. The van der Waals surface area contributed by atoms with Gasteiger partial charge in [0.25, 0.3) is 5.89 Å². The van der Waals surface area contributed by atoms with E-state index in [1.165, 1.54) is 19.2 Å². The molecule has 0 saturated heterocycles. The van der Waals surface area contributed by atoms with Crippen LogP contribution in [0.15, 0.2) is 28.8 Å². The number of ether oxygens (including phenoxy) is 2. The van der Waals surface area contributed by atoms with Crippen molar-refractivity contribution in [1.82, 2.24) is 10.1 Å². The summed E-state index contributed by atoms with van der Waals surface area (Å²) in [5.74, 6) is -0.634. The number of aryl methyl sites for hydroxylation is 1. The molecule has 0 amide bonds. The molecule has 0 atom stereocenters. The van der Waals surface area contributed by atoms with E-state index in [9.17, 15) is 9.59 Å². The molecule has 0 aliphatic heterocycles. The molecule has 20 heavy (non-hydrogen) atoms. The maximum atomic E-state index is 11.9. The average Bonchev–Trinajstić information content (AvgIpc) is 2.89. The Hall–Kier alpha value is -2.70. The molecule has 0 aliphatic carbocycles. The van der Waals surface area contributed by atoms with Crippen molar-refractivity contribution in [2.75, 3.05) is 7.11 Å². The first kappa shape index (κ1) is 13.7. The van der Waals surface area contributed by atoms with Crippen molar-refractivity contribution in [1.29, 1.82) is 0 Å². The normalized spacial score (nSPS) is 10.1. The summed E-state index contributed by atoms with van der Waals surface area (Å²) in [6.45, 7) is 1.50. The van der Waals surface area contributed by atoms with Gasteiger partial charge in [-0.2, -0.15) is 4.98 Å². The molecule has 7 heteroatoms. The van der Waals surface area contributed by atoms with E-state index in [0.717, 1.165) is 0 Å². The largest absolute Gasteiger partial charge is 0.465 e. The highest BCUT2D eigenvalue weighted by Gasteiger charge is 2.18. The molecule has 0 spiro atoms. The van der Waals surface area contributed by atoms with Crippen molar-refractivity contribution in [3.05, 3.63) is 47.1 Å². The van der Waals surface area contributed by atoms with Gasteiger partial charge in [0, 0.05) is 0 Å². The first-order valence-corrected chi connectivity index (χ1v) is 5.75. The zero-order valence-electron chi connectivity index (χ0n) is 11.0. The fourth-order valence-corrected chi connectivity index (χ4v) is 1.55. The van der Waals surface area contributed by atoms with Crippen molar-refractivity contribution in [2.24, 2.45) is 0 Å². The van der Waals surface area contributed by atoms with Gasteiger partial charge < -0.3 is 14.0 Å². The zero-order valence-corrected chi connectivity index (χ0v) is 11.0. The molecule has 0 radical (unpaired) electrons. The van der Waals surface area contributed by atoms with Crippen LogP contribution in [0.25, 0.3) is 0 Å². The van der Waals surface area contributed by atoms with Gasteiger partial charge in [0.15, 0.2) is 12.4 Å². The minimum atomic E-state index is -0.665. The Morgan fingerprint density at radius 3 is 2.40 bits per heavy atom. The van der Waals surface area contributed by atoms with Crippen molar-refractivity contribution >= 4 is 11.9 Å². The molecule has 0 fully saturated rings. The summed E-state index contributed by atoms with van der Waals surface area (Å²) >= 11 is 0. The van der Waals surface area contributed by atoms with E-state index in [1.807, 2.05) is 0 Å². The lowest BCUT2D eigenvalue weighted by Crippen LogP contribution is -2.12. The third-order valence-corrected chi connectivity index (χ3v) is 2.45. The quantitative estimate of drug-likeness (QED) is 0.782. The highest BCUT2D eigenvalue weighted by Crippen LogP contribution is 2.12. The van der Waals surface area contributed by atoms with Crippen LogP contribution in [0.4, 0.5) is 0 Å². The smallest absolute Gasteiger partial charge is 0.339 e. The van der Waals surface area contributed by atoms with Crippen LogP contribution in [-0.4, -0.2) is 29.2 Å². The van der Waals surface area contributed by atoms with Gasteiger partial charge in [-0.05, 0) is 19.1 Å². The average molecular weight is 276 g/mol. The number of hydrogen-bond acceptors (Lipinski definition) is 7. The fraction of sp³-hybridized carbons (Fsp3) is 0.231. The number of benzene rings is 1. The summed E-state index contributed by atoms with van der Waals surface area (Å²) < 4.78 is 14.4. The van der Waals surface area contributed by atoms with Gasteiger partial charge in [0.1, 0.15) is 0 Å². The Balaban J connectivity index is 2.11. The lowest BCUT2D eigenvalue weighted by molar-refractivity contribution is 0.0418. The van der Waals surface area contributed by atoms with E-state index in [4.69, 9.17) is 9.26 Å². The van der Waals surface area contributed by atoms with Crippen LogP contribution in [0.1, 0.15) is 32.4 Å². The Morgan fingerprint density at radius 1 is 1.20 bits per heavy atom. The monoisotopic (exact) mass is 276 g/mol. The van der Waals surface area contributed by atoms with Crippen LogP contribution in [0, 0.1) is 6.92 Å². The summed E-state index contributed by atoms with van der Waals surface area (Å²) in [5.41, 5.74) is 0.261. The molecule has 1 heterocycles. The van der Waals surface area contributed by atoms with Crippen LogP contribution < -0.4 is 0 Å². The molecule has 1 aromatic heterocycles. The summed E-state index contributed by atoms with van der Waals surface area (Å²) in [7, 11) is 1.24. The van der Waals surface area contributed by atoms with E-state index in [0.29, 0.717) is 5.82 Å². The lowest BCUT2D eigenvalue weighted by Gasteiger charge is -2.06. The second-order valence-electron chi connectivity index (χ2n) is 3.85. The van der Waals surface area contributed by atoms with E-state index in [2.05, 4.69) is 14.9 Å². The molecule has 2 rings (SSSR count). The third kappa shape index (κ3) is 3.00. The SMILES string of the molecule is COC(=O)c1ccccc1C(=O)OCc1nc(C)no1. The summed E-state index contributed by atoms with van der Waals surface area (Å²) in [4.78, 5) is 27.4. The molecular weight excluding hydrogens is 264 g/mol. The minimum absolute atomic E-state index is 0.121. The Bertz CT molecular complexity index is 635. The number of carbonyl (C=O) groups is 2. The van der Waals surface area contributed by atoms with Crippen molar-refractivity contribution < 1.29 is 23.6 Å². The van der Waals surface area contributed by atoms with Crippen molar-refractivity contribution in [2.45, 2.75) is 13.5 Å². The standard InChI is InChI=1S/C13H12N2O5/c1-8-14-11(20-15-8)7-19-13(17)10-6-4-3-5-9(10)12(16)18-2/h3-6H,7H2,1-2H3. The third-order valence-electron chi connectivity index (χ3n) is 2.45. The maximum absolute atomic E-state index is 11.9. The molecule has 0 N–H and O–H groups in total.